The largest absolute Gasteiger partial charge is 0.491 e. The Morgan fingerprint density at radius 2 is 1.11 bits per heavy atom. The summed E-state index contributed by atoms with van der Waals surface area (Å²) < 4.78 is 17.9. The summed E-state index contributed by atoms with van der Waals surface area (Å²) in [6, 6.07) is 8.87. The van der Waals surface area contributed by atoms with Crippen LogP contribution in [0, 0.1) is 27.7 Å². The predicted octanol–water partition coefficient (Wildman–Crippen LogP) is 8.33. The van der Waals surface area contributed by atoms with Gasteiger partial charge in [0.2, 0.25) is 0 Å². The Hall–Kier alpha value is -2.26. The lowest BCUT2D eigenvalue weighted by Crippen LogP contribution is -2.21. The first kappa shape index (κ1) is 29.0. The monoisotopic (exact) mass is 480 g/mol. The highest BCUT2D eigenvalue weighted by Gasteiger charge is 2.25. The van der Waals surface area contributed by atoms with Crippen molar-refractivity contribution in [1.82, 2.24) is 0 Å². The molecule has 0 bridgehead atoms. The molecule has 0 aromatic heterocycles. The predicted molar refractivity (Wildman–Crippen MR) is 149 cm³/mol. The summed E-state index contributed by atoms with van der Waals surface area (Å²) in [7, 11) is 0. The summed E-state index contributed by atoms with van der Waals surface area (Å²) in [4.78, 5) is 0. The van der Waals surface area contributed by atoms with Gasteiger partial charge in [0, 0.05) is 5.41 Å². The first-order valence-electron chi connectivity index (χ1n) is 13.3. The molecular formula is C32H48O3. The lowest BCUT2D eigenvalue weighted by Gasteiger charge is -2.30. The van der Waals surface area contributed by atoms with Crippen LogP contribution in [-0.2, 0) is 15.6 Å². The highest BCUT2D eigenvalue weighted by atomic mass is 16.5. The van der Waals surface area contributed by atoms with Gasteiger partial charge in [-0.3, -0.25) is 0 Å². The van der Waals surface area contributed by atoms with Crippen molar-refractivity contribution >= 4 is 0 Å². The quantitative estimate of drug-likeness (QED) is 0.201. The molecule has 0 aliphatic carbocycles. The van der Waals surface area contributed by atoms with Gasteiger partial charge in [0.05, 0.1) is 13.2 Å². The van der Waals surface area contributed by atoms with E-state index in [9.17, 15) is 0 Å². The number of rotatable bonds is 14. The molecule has 35 heavy (non-hydrogen) atoms. The molecule has 0 spiro atoms. The zero-order valence-corrected chi connectivity index (χ0v) is 23.8. The Morgan fingerprint density at radius 1 is 0.657 bits per heavy atom. The Kier molecular flexibility index (Phi) is 10.5. The van der Waals surface area contributed by atoms with Gasteiger partial charge in [0.1, 0.15) is 24.7 Å². The second-order valence-corrected chi connectivity index (χ2v) is 10.4. The van der Waals surface area contributed by atoms with Crippen LogP contribution in [0.3, 0.4) is 0 Å². The number of ether oxygens (including phenoxy) is 3. The van der Waals surface area contributed by atoms with E-state index < -0.39 is 0 Å². The first-order valence-corrected chi connectivity index (χ1v) is 13.3. The second kappa shape index (κ2) is 12.6. The molecule has 1 atom stereocenters. The molecule has 0 radical (unpaired) electrons. The molecule has 3 heteroatoms. The van der Waals surface area contributed by atoms with Gasteiger partial charge < -0.3 is 14.2 Å². The van der Waals surface area contributed by atoms with Crippen molar-refractivity contribution in [2.45, 2.75) is 92.4 Å². The fraction of sp³-hybridized carbons (Fsp3) is 0.562. The summed E-state index contributed by atoms with van der Waals surface area (Å²) in [5.74, 6) is 1.87. The minimum atomic E-state index is -0.0145. The van der Waals surface area contributed by atoms with Gasteiger partial charge in [-0.05, 0) is 97.9 Å². The average molecular weight is 481 g/mol. The molecule has 0 amide bonds. The van der Waals surface area contributed by atoms with Gasteiger partial charge in [-0.2, -0.15) is 0 Å². The van der Waals surface area contributed by atoms with Crippen molar-refractivity contribution in [3.8, 4) is 11.5 Å². The summed E-state index contributed by atoms with van der Waals surface area (Å²) >= 11 is 0. The van der Waals surface area contributed by atoms with E-state index in [1.54, 1.807) is 0 Å². The van der Waals surface area contributed by atoms with E-state index in [0.29, 0.717) is 26.4 Å². The van der Waals surface area contributed by atoms with Crippen LogP contribution in [0.25, 0.3) is 0 Å². The molecule has 2 rings (SSSR count). The van der Waals surface area contributed by atoms with E-state index in [2.05, 4.69) is 99.2 Å². The number of hydrogen-bond donors (Lipinski definition) is 0. The first-order chi connectivity index (χ1) is 16.5. The van der Waals surface area contributed by atoms with E-state index in [-0.39, 0.29) is 10.8 Å². The average Bonchev–Trinajstić information content (AvgIpc) is 2.85. The SMILES string of the molecule is C=CC(C)(CC)c1cc(C)c(OCCOCCOc2cc(C)c(C(C)(CC)CC)cc2C)cc1C. The molecule has 194 valence electrons. The van der Waals surface area contributed by atoms with Crippen molar-refractivity contribution in [1.29, 1.82) is 0 Å². The van der Waals surface area contributed by atoms with Crippen molar-refractivity contribution in [2.24, 2.45) is 0 Å². The van der Waals surface area contributed by atoms with Crippen LogP contribution in [0.4, 0.5) is 0 Å². The summed E-state index contributed by atoms with van der Waals surface area (Å²) in [5.41, 5.74) is 7.83. The van der Waals surface area contributed by atoms with Crippen LogP contribution in [0.1, 0.15) is 87.3 Å². The number of benzene rings is 2. The lowest BCUT2D eigenvalue weighted by atomic mass is 9.75. The Balaban J connectivity index is 1.84. The van der Waals surface area contributed by atoms with Crippen LogP contribution >= 0.6 is 0 Å². The van der Waals surface area contributed by atoms with E-state index in [0.717, 1.165) is 36.3 Å². The summed E-state index contributed by atoms with van der Waals surface area (Å²) in [5, 5.41) is 0. The number of aryl methyl sites for hydroxylation is 4. The third-order valence-electron chi connectivity index (χ3n) is 8.03. The zero-order valence-electron chi connectivity index (χ0n) is 23.8. The standard InChI is InChI=1S/C32H48O3/c1-11-31(9,12-2)27-19-25(7)29(21-23(27)5)34-17-15-33-16-18-35-30-22-24(6)28(20-26(30)8)32(10,13-3)14-4/h11,19-22H,1,12-18H2,2-10H3. The third kappa shape index (κ3) is 6.91. The minimum absolute atomic E-state index is 0.0145. The van der Waals surface area contributed by atoms with Crippen molar-refractivity contribution < 1.29 is 14.2 Å². The van der Waals surface area contributed by atoms with Crippen LogP contribution in [0.15, 0.2) is 36.9 Å². The van der Waals surface area contributed by atoms with Gasteiger partial charge in [-0.15, -0.1) is 6.58 Å². The molecule has 3 nitrogen and oxygen atoms in total. The minimum Gasteiger partial charge on any atom is -0.491 e. The maximum atomic E-state index is 6.04. The molecule has 2 aromatic carbocycles. The second-order valence-electron chi connectivity index (χ2n) is 10.4. The van der Waals surface area contributed by atoms with Crippen molar-refractivity contribution in [2.75, 3.05) is 26.4 Å². The van der Waals surface area contributed by atoms with Crippen LogP contribution in [0.2, 0.25) is 0 Å². The van der Waals surface area contributed by atoms with Crippen molar-refractivity contribution in [3.63, 3.8) is 0 Å². The fourth-order valence-corrected chi connectivity index (χ4v) is 4.75. The zero-order chi connectivity index (χ0) is 26.2. The lowest BCUT2D eigenvalue weighted by molar-refractivity contribution is 0.0760. The molecule has 0 aliphatic rings. The molecule has 0 heterocycles. The molecule has 0 saturated carbocycles. The van der Waals surface area contributed by atoms with Gasteiger partial charge in [0.25, 0.3) is 0 Å². The van der Waals surface area contributed by atoms with Crippen LogP contribution < -0.4 is 9.47 Å². The van der Waals surface area contributed by atoms with Gasteiger partial charge >= 0.3 is 0 Å². The third-order valence-corrected chi connectivity index (χ3v) is 8.03. The van der Waals surface area contributed by atoms with Crippen LogP contribution in [-0.4, -0.2) is 26.4 Å². The summed E-state index contributed by atoms with van der Waals surface area (Å²) in [6.07, 6.45) is 5.34. The highest BCUT2D eigenvalue weighted by molar-refractivity contribution is 5.46. The number of allylic oxidation sites excluding steroid dienone is 1. The van der Waals surface area contributed by atoms with Gasteiger partial charge in [0.15, 0.2) is 0 Å². The smallest absolute Gasteiger partial charge is 0.122 e. The molecule has 2 aromatic rings. The maximum absolute atomic E-state index is 6.04. The Labute approximate surface area is 214 Å². The maximum Gasteiger partial charge on any atom is 0.122 e. The Morgan fingerprint density at radius 3 is 1.54 bits per heavy atom. The van der Waals surface area contributed by atoms with Gasteiger partial charge in [-0.25, -0.2) is 0 Å². The molecule has 0 saturated heterocycles. The normalized spacial score (nSPS) is 13.4. The Bertz CT molecular complexity index is 987. The molecule has 0 fully saturated rings. The van der Waals surface area contributed by atoms with Crippen LogP contribution in [0.5, 0.6) is 11.5 Å². The van der Waals surface area contributed by atoms with Gasteiger partial charge in [-0.1, -0.05) is 52.8 Å². The molecule has 0 N–H and O–H groups in total. The van der Waals surface area contributed by atoms with E-state index in [4.69, 9.17) is 14.2 Å². The fourth-order valence-electron chi connectivity index (χ4n) is 4.75. The molecule has 0 aliphatic heterocycles. The highest BCUT2D eigenvalue weighted by Crippen LogP contribution is 2.37. The number of hydrogen-bond acceptors (Lipinski definition) is 3. The van der Waals surface area contributed by atoms with E-state index in [1.165, 1.54) is 27.8 Å². The molecular weight excluding hydrogens is 432 g/mol. The van der Waals surface area contributed by atoms with E-state index >= 15 is 0 Å². The van der Waals surface area contributed by atoms with Crippen molar-refractivity contribution in [3.05, 3.63) is 70.3 Å². The molecule has 1 unspecified atom stereocenters. The summed E-state index contributed by atoms with van der Waals surface area (Å²) in [6.45, 7) is 26.1. The topological polar surface area (TPSA) is 27.7 Å². The van der Waals surface area contributed by atoms with E-state index in [1.807, 2.05) is 0 Å².